The van der Waals surface area contributed by atoms with Crippen LogP contribution in [-0.4, -0.2) is 12.6 Å². The number of benzene rings is 1. The first-order chi connectivity index (χ1) is 9.70. The lowest BCUT2D eigenvalue weighted by atomic mass is 9.85. The molecule has 3 atom stereocenters. The molecule has 1 saturated carbocycles. The van der Waals surface area contributed by atoms with E-state index in [1.54, 1.807) is 0 Å². The number of ether oxygens (including phenoxy) is 1. The molecular formula is C18H29NO. The molecule has 112 valence electrons. The predicted molar refractivity (Wildman–Crippen MR) is 85.2 cm³/mol. The van der Waals surface area contributed by atoms with E-state index in [-0.39, 0.29) is 0 Å². The third-order valence-corrected chi connectivity index (χ3v) is 4.43. The second kappa shape index (κ2) is 7.68. The molecule has 1 N–H and O–H groups in total. The minimum absolute atomic E-state index is 0.417. The molecule has 3 unspecified atom stereocenters. The zero-order chi connectivity index (χ0) is 14.4. The highest BCUT2D eigenvalue weighted by Gasteiger charge is 2.22. The van der Waals surface area contributed by atoms with Gasteiger partial charge in [-0.05, 0) is 49.8 Å². The molecule has 0 bridgehead atoms. The summed E-state index contributed by atoms with van der Waals surface area (Å²) in [5, 5.41) is 3.81. The summed E-state index contributed by atoms with van der Waals surface area (Å²) >= 11 is 0. The molecule has 0 aromatic heterocycles. The fourth-order valence-corrected chi connectivity index (χ4v) is 3.05. The Balaban J connectivity index is 1.89. The lowest BCUT2D eigenvalue weighted by molar-refractivity contribution is 0.263. The van der Waals surface area contributed by atoms with Gasteiger partial charge in [0.15, 0.2) is 0 Å². The van der Waals surface area contributed by atoms with Crippen molar-refractivity contribution in [1.82, 2.24) is 5.32 Å². The quantitative estimate of drug-likeness (QED) is 0.812. The van der Waals surface area contributed by atoms with Crippen molar-refractivity contribution in [3.05, 3.63) is 29.8 Å². The summed E-state index contributed by atoms with van der Waals surface area (Å²) in [6, 6.07) is 9.66. The molecule has 1 aliphatic carbocycles. The smallest absolute Gasteiger partial charge is 0.119 e. The molecule has 1 fully saturated rings. The van der Waals surface area contributed by atoms with Crippen LogP contribution < -0.4 is 10.1 Å². The van der Waals surface area contributed by atoms with Gasteiger partial charge in [-0.15, -0.1) is 0 Å². The van der Waals surface area contributed by atoms with Crippen molar-refractivity contribution in [3.8, 4) is 5.75 Å². The Morgan fingerprint density at radius 1 is 1.20 bits per heavy atom. The Kier molecular flexibility index (Phi) is 5.90. The third-order valence-electron chi connectivity index (χ3n) is 4.43. The Labute approximate surface area is 123 Å². The van der Waals surface area contributed by atoms with Crippen LogP contribution in [0.3, 0.4) is 0 Å². The van der Waals surface area contributed by atoms with Crippen LogP contribution in [0.15, 0.2) is 24.3 Å². The zero-order valence-corrected chi connectivity index (χ0v) is 13.2. The van der Waals surface area contributed by atoms with Gasteiger partial charge >= 0.3 is 0 Å². The average molecular weight is 275 g/mol. The van der Waals surface area contributed by atoms with Crippen LogP contribution >= 0.6 is 0 Å². The average Bonchev–Trinajstić information content (AvgIpc) is 2.48. The highest BCUT2D eigenvalue weighted by Crippen LogP contribution is 2.26. The van der Waals surface area contributed by atoms with Crippen LogP contribution in [0, 0.1) is 5.92 Å². The Bertz CT molecular complexity index is 387. The molecule has 2 rings (SSSR count). The molecule has 1 aromatic carbocycles. The van der Waals surface area contributed by atoms with Crippen LogP contribution in [0.2, 0.25) is 0 Å². The molecule has 0 spiro atoms. The van der Waals surface area contributed by atoms with Gasteiger partial charge in [0.25, 0.3) is 0 Å². The predicted octanol–water partition coefficient (Wildman–Crippen LogP) is 4.70. The van der Waals surface area contributed by atoms with E-state index in [1.807, 2.05) is 0 Å². The SMILES string of the molecule is CCCOc1ccc(C(C)NC2CCCCC2C)cc1. The van der Waals surface area contributed by atoms with Gasteiger partial charge in [0, 0.05) is 12.1 Å². The lowest BCUT2D eigenvalue weighted by Crippen LogP contribution is -2.38. The van der Waals surface area contributed by atoms with Crippen LogP contribution in [-0.2, 0) is 0 Å². The summed E-state index contributed by atoms with van der Waals surface area (Å²) in [5.41, 5.74) is 1.35. The van der Waals surface area contributed by atoms with Gasteiger partial charge in [0.2, 0.25) is 0 Å². The zero-order valence-electron chi connectivity index (χ0n) is 13.2. The molecule has 2 nitrogen and oxygen atoms in total. The van der Waals surface area contributed by atoms with Crippen molar-refractivity contribution < 1.29 is 4.74 Å². The van der Waals surface area contributed by atoms with E-state index in [9.17, 15) is 0 Å². The minimum atomic E-state index is 0.417. The molecule has 0 amide bonds. The molecule has 1 aliphatic rings. The third kappa shape index (κ3) is 4.24. The van der Waals surface area contributed by atoms with E-state index >= 15 is 0 Å². The highest BCUT2D eigenvalue weighted by molar-refractivity contribution is 5.29. The molecule has 20 heavy (non-hydrogen) atoms. The second-order valence-electron chi connectivity index (χ2n) is 6.17. The van der Waals surface area contributed by atoms with Crippen molar-refractivity contribution >= 4 is 0 Å². The Hall–Kier alpha value is -1.02. The van der Waals surface area contributed by atoms with E-state index in [1.165, 1.54) is 31.2 Å². The van der Waals surface area contributed by atoms with E-state index < -0.39 is 0 Å². The number of hydrogen-bond acceptors (Lipinski definition) is 2. The van der Waals surface area contributed by atoms with Gasteiger partial charge in [-0.1, -0.05) is 38.8 Å². The first-order valence-corrected chi connectivity index (χ1v) is 8.19. The maximum Gasteiger partial charge on any atom is 0.119 e. The number of rotatable bonds is 6. The first kappa shape index (κ1) is 15.4. The molecule has 2 heteroatoms. The van der Waals surface area contributed by atoms with Crippen molar-refractivity contribution in [2.75, 3.05) is 6.61 Å². The van der Waals surface area contributed by atoms with Gasteiger partial charge in [-0.2, -0.15) is 0 Å². The molecule has 0 saturated heterocycles. The minimum Gasteiger partial charge on any atom is -0.494 e. The monoisotopic (exact) mass is 275 g/mol. The largest absolute Gasteiger partial charge is 0.494 e. The second-order valence-corrected chi connectivity index (χ2v) is 6.17. The Morgan fingerprint density at radius 2 is 1.90 bits per heavy atom. The van der Waals surface area contributed by atoms with Gasteiger partial charge in [0.1, 0.15) is 5.75 Å². The standard InChI is InChI=1S/C18H29NO/c1-4-13-20-17-11-9-16(10-12-17)15(3)19-18-8-6-5-7-14(18)2/h9-12,14-15,18-19H,4-8,13H2,1-3H3. The van der Waals surface area contributed by atoms with Crippen molar-refractivity contribution in [3.63, 3.8) is 0 Å². The number of hydrogen-bond donors (Lipinski definition) is 1. The first-order valence-electron chi connectivity index (χ1n) is 8.19. The molecule has 0 aliphatic heterocycles. The maximum atomic E-state index is 5.64. The van der Waals surface area contributed by atoms with Crippen molar-refractivity contribution in [2.45, 2.75) is 65.0 Å². The molecule has 0 heterocycles. The topological polar surface area (TPSA) is 21.3 Å². The number of nitrogens with one attached hydrogen (secondary N) is 1. The van der Waals surface area contributed by atoms with Crippen LogP contribution in [0.1, 0.15) is 64.5 Å². The van der Waals surface area contributed by atoms with Crippen molar-refractivity contribution in [2.24, 2.45) is 5.92 Å². The summed E-state index contributed by atoms with van der Waals surface area (Å²) in [6.07, 6.45) is 6.52. The van der Waals surface area contributed by atoms with Gasteiger partial charge < -0.3 is 10.1 Å². The molecular weight excluding hydrogens is 246 g/mol. The van der Waals surface area contributed by atoms with Gasteiger partial charge in [-0.3, -0.25) is 0 Å². The van der Waals surface area contributed by atoms with Crippen LogP contribution in [0.25, 0.3) is 0 Å². The van der Waals surface area contributed by atoms with Crippen molar-refractivity contribution in [1.29, 1.82) is 0 Å². The van der Waals surface area contributed by atoms with E-state index in [4.69, 9.17) is 4.74 Å². The fraction of sp³-hybridized carbons (Fsp3) is 0.667. The summed E-state index contributed by atoms with van der Waals surface area (Å²) < 4.78 is 5.64. The molecule has 1 aromatic rings. The Morgan fingerprint density at radius 3 is 2.55 bits per heavy atom. The van der Waals surface area contributed by atoms with E-state index in [0.717, 1.165) is 24.7 Å². The van der Waals surface area contributed by atoms with Crippen LogP contribution in [0.4, 0.5) is 0 Å². The summed E-state index contributed by atoms with van der Waals surface area (Å²) in [4.78, 5) is 0. The normalized spacial score (nSPS) is 24.4. The van der Waals surface area contributed by atoms with Gasteiger partial charge in [-0.25, -0.2) is 0 Å². The summed E-state index contributed by atoms with van der Waals surface area (Å²) in [5.74, 6) is 1.78. The highest BCUT2D eigenvalue weighted by atomic mass is 16.5. The van der Waals surface area contributed by atoms with Crippen LogP contribution in [0.5, 0.6) is 5.75 Å². The fourth-order valence-electron chi connectivity index (χ4n) is 3.05. The van der Waals surface area contributed by atoms with E-state index in [2.05, 4.69) is 50.4 Å². The van der Waals surface area contributed by atoms with E-state index in [0.29, 0.717) is 12.1 Å². The summed E-state index contributed by atoms with van der Waals surface area (Å²) in [7, 11) is 0. The maximum absolute atomic E-state index is 5.64. The molecule has 0 radical (unpaired) electrons. The lowest BCUT2D eigenvalue weighted by Gasteiger charge is -2.32. The van der Waals surface area contributed by atoms with Gasteiger partial charge in [0.05, 0.1) is 6.61 Å². The summed E-state index contributed by atoms with van der Waals surface area (Å²) in [6.45, 7) is 7.58.